The predicted octanol–water partition coefficient (Wildman–Crippen LogP) is 0.184. The van der Waals surface area contributed by atoms with Gasteiger partial charge in [0, 0.05) is 44.0 Å². The van der Waals surface area contributed by atoms with Crippen molar-refractivity contribution in [3.05, 3.63) is 11.8 Å². The Morgan fingerprint density at radius 2 is 2.05 bits per heavy atom. The fourth-order valence-electron chi connectivity index (χ4n) is 2.64. The fourth-order valence-corrected chi connectivity index (χ4v) is 2.64. The molecule has 0 atom stereocenters. The average Bonchev–Trinajstić information content (AvgIpc) is 2.74. The standard InChI is InChI=1S/C13H19N5O/c1-9(2)18-11(19)7-10-8-15-13(16-12(10)18)17-5-3-14-4-6-17/h8-9,14H,3-7H2,1-2H3. The van der Waals surface area contributed by atoms with E-state index in [1.807, 2.05) is 13.8 Å². The van der Waals surface area contributed by atoms with Gasteiger partial charge >= 0.3 is 0 Å². The van der Waals surface area contributed by atoms with E-state index in [1.165, 1.54) is 0 Å². The van der Waals surface area contributed by atoms with Gasteiger partial charge in [0.2, 0.25) is 11.9 Å². The number of aromatic nitrogens is 2. The second-order valence-corrected chi connectivity index (χ2v) is 5.29. The zero-order chi connectivity index (χ0) is 13.4. The maximum absolute atomic E-state index is 12.0. The SMILES string of the molecule is CC(C)N1C(=O)Cc2cnc(N3CCNCC3)nc21. The molecule has 0 unspecified atom stereocenters. The monoisotopic (exact) mass is 261 g/mol. The van der Waals surface area contributed by atoms with Crippen molar-refractivity contribution in [2.45, 2.75) is 26.3 Å². The zero-order valence-electron chi connectivity index (χ0n) is 11.4. The van der Waals surface area contributed by atoms with E-state index in [-0.39, 0.29) is 11.9 Å². The summed E-state index contributed by atoms with van der Waals surface area (Å²) < 4.78 is 0. The Kier molecular flexibility index (Phi) is 3.10. The number of carbonyl (C=O) groups is 1. The van der Waals surface area contributed by atoms with Gasteiger partial charge in [0.15, 0.2) is 0 Å². The van der Waals surface area contributed by atoms with Gasteiger partial charge in [-0.3, -0.25) is 9.69 Å². The summed E-state index contributed by atoms with van der Waals surface area (Å²) in [5, 5.41) is 3.31. The van der Waals surface area contributed by atoms with Crippen LogP contribution < -0.4 is 15.1 Å². The first kappa shape index (κ1) is 12.3. The highest BCUT2D eigenvalue weighted by Crippen LogP contribution is 2.29. The third kappa shape index (κ3) is 2.16. The third-order valence-corrected chi connectivity index (χ3v) is 3.58. The lowest BCUT2D eigenvalue weighted by molar-refractivity contribution is -0.117. The molecule has 2 aliphatic rings. The average molecular weight is 261 g/mol. The molecule has 0 spiro atoms. The largest absolute Gasteiger partial charge is 0.338 e. The number of hydrogen-bond acceptors (Lipinski definition) is 5. The van der Waals surface area contributed by atoms with E-state index >= 15 is 0 Å². The maximum Gasteiger partial charge on any atom is 0.233 e. The van der Waals surface area contributed by atoms with Crippen LogP contribution in [0.1, 0.15) is 19.4 Å². The van der Waals surface area contributed by atoms with E-state index in [0.717, 1.165) is 43.5 Å². The van der Waals surface area contributed by atoms with Crippen LogP contribution in [-0.4, -0.2) is 48.1 Å². The summed E-state index contributed by atoms with van der Waals surface area (Å²) in [6.07, 6.45) is 2.23. The van der Waals surface area contributed by atoms with Crippen molar-refractivity contribution >= 4 is 17.7 Å². The molecule has 1 saturated heterocycles. The van der Waals surface area contributed by atoms with Gasteiger partial charge in [-0.05, 0) is 13.8 Å². The van der Waals surface area contributed by atoms with E-state index < -0.39 is 0 Å². The summed E-state index contributed by atoms with van der Waals surface area (Å²) in [6.45, 7) is 7.75. The fraction of sp³-hybridized carbons (Fsp3) is 0.615. The molecule has 19 heavy (non-hydrogen) atoms. The van der Waals surface area contributed by atoms with Crippen LogP contribution in [0.15, 0.2) is 6.20 Å². The molecule has 1 aromatic rings. The molecule has 102 valence electrons. The Morgan fingerprint density at radius 3 is 2.74 bits per heavy atom. The van der Waals surface area contributed by atoms with Crippen molar-refractivity contribution in [3.63, 3.8) is 0 Å². The number of anilines is 2. The van der Waals surface area contributed by atoms with Crippen LogP contribution in [0.25, 0.3) is 0 Å². The molecule has 1 aromatic heterocycles. The highest BCUT2D eigenvalue weighted by atomic mass is 16.2. The van der Waals surface area contributed by atoms with Gasteiger partial charge < -0.3 is 10.2 Å². The number of piperazine rings is 1. The summed E-state index contributed by atoms with van der Waals surface area (Å²) in [6, 6.07) is 0.138. The van der Waals surface area contributed by atoms with Gasteiger partial charge in [0.05, 0.1) is 6.42 Å². The second kappa shape index (κ2) is 4.77. The molecule has 0 radical (unpaired) electrons. The molecule has 1 N–H and O–H groups in total. The van der Waals surface area contributed by atoms with Crippen molar-refractivity contribution in [1.29, 1.82) is 0 Å². The van der Waals surface area contributed by atoms with E-state index in [4.69, 9.17) is 0 Å². The van der Waals surface area contributed by atoms with Crippen molar-refractivity contribution in [2.24, 2.45) is 0 Å². The molecule has 2 aliphatic heterocycles. The molecule has 0 saturated carbocycles. The number of hydrogen-bond donors (Lipinski definition) is 1. The second-order valence-electron chi connectivity index (χ2n) is 5.29. The highest BCUT2D eigenvalue weighted by molar-refractivity contribution is 6.00. The Bertz CT molecular complexity index is 496. The summed E-state index contributed by atoms with van der Waals surface area (Å²) in [5.74, 6) is 1.65. The van der Waals surface area contributed by atoms with E-state index in [0.29, 0.717) is 6.42 Å². The summed E-state index contributed by atoms with van der Waals surface area (Å²) in [7, 11) is 0. The van der Waals surface area contributed by atoms with Crippen molar-refractivity contribution in [3.8, 4) is 0 Å². The van der Waals surface area contributed by atoms with Gasteiger partial charge in [0.1, 0.15) is 5.82 Å². The normalized spacial score (nSPS) is 19.2. The third-order valence-electron chi connectivity index (χ3n) is 3.58. The molecule has 0 aliphatic carbocycles. The summed E-state index contributed by atoms with van der Waals surface area (Å²) in [4.78, 5) is 25.0. The molecule has 1 amide bonds. The Hall–Kier alpha value is -1.69. The molecule has 6 nitrogen and oxygen atoms in total. The van der Waals surface area contributed by atoms with Gasteiger partial charge in [-0.1, -0.05) is 0 Å². The molecular formula is C13H19N5O. The van der Waals surface area contributed by atoms with Crippen molar-refractivity contribution in [1.82, 2.24) is 15.3 Å². The van der Waals surface area contributed by atoms with E-state index in [9.17, 15) is 4.79 Å². The lowest BCUT2D eigenvalue weighted by Crippen LogP contribution is -2.44. The number of fused-ring (bicyclic) bond motifs is 1. The van der Waals surface area contributed by atoms with Crippen LogP contribution in [0.5, 0.6) is 0 Å². The minimum absolute atomic E-state index is 0.122. The predicted molar refractivity (Wildman–Crippen MR) is 73.4 cm³/mol. The molecule has 1 fully saturated rings. The van der Waals surface area contributed by atoms with Crippen LogP contribution in [0.3, 0.4) is 0 Å². The van der Waals surface area contributed by atoms with Crippen molar-refractivity contribution < 1.29 is 4.79 Å². The zero-order valence-corrected chi connectivity index (χ0v) is 11.4. The number of rotatable bonds is 2. The quantitative estimate of drug-likeness (QED) is 0.823. The van der Waals surface area contributed by atoms with Crippen LogP contribution in [0.2, 0.25) is 0 Å². The Balaban J connectivity index is 1.92. The lowest BCUT2D eigenvalue weighted by atomic mass is 10.3. The van der Waals surface area contributed by atoms with E-state index in [1.54, 1.807) is 11.1 Å². The van der Waals surface area contributed by atoms with Crippen LogP contribution >= 0.6 is 0 Å². The topological polar surface area (TPSA) is 61.4 Å². The number of amides is 1. The van der Waals surface area contributed by atoms with E-state index in [2.05, 4.69) is 20.2 Å². The molecule has 3 rings (SSSR count). The molecule has 3 heterocycles. The van der Waals surface area contributed by atoms with Crippen molar-refractivity contribution in [2.75, 3.05) is 36.0 Å². The summed E-state index contributed by atoms with van der Waals surface area (Å²) >= 11 is 0. The van der Waals surface area contributed by atoms with Gasteiger partial charge in [-0.2, -0.15) is 4.98 Å². The lowest BCUT2D eigenvalue weighted by Gasteiger charge is -2.28. The first-order chi connectivity index (χ1) is 9.16. The van der Waals surface area contributed by atoms with Crippen LogP contribution in [0.4, 0.5) is 11.8 Å². The Labute approximate surface area is 112 Å². The van der Waals surface area contributed by atoms with Crippen LogP contribution in [0, 0.1) is 0 Å². The number of nitrogens with zero attached hydrogens (tertiary/aromatic N) is 4. The molecule has 0 aromatic carbocycles. The molecular weight excluding hydrogens is 242 g/mol. The molecule has 6 heteroatoms. The minimum atomic E-state index is 0.122. The number of carbonyl (C=O) groups excluding carboxylic acids is 1. The van der Waals surface area contributed by atoms with Gasteiger partial charge in [0.25, 0.3) is 0 Å². The van der Waals surface area contributed by atoms with Gasteiger partial charge in [-0.15, -0.1) is 0 Å². The molecule has 0 bridgehead atoms. The van der Waals surface area contributed by atoms with Crippen LogP contribution in [-0.2, 0) is 11.2 Å². The maximum atomic E-state index is 12.0. The Morgan fingerprint density at radius 1 is 1.32 bits per heavy atom. The highest BCUT2D eigenvalue weighted by Gasteiger charge is 2.32. The summed E-state index contributed by atoms with van der Waals surface area (Å²) in [5.41, 5.74) is 0.942. The first-order valence-electron chi connectivity index (χ1n) is 6.80. The minimum Gasteiger partial charge on any atom is -0.338 e. The first-order valence-corrected chi connectivity index (χ1v) is 6.80. The van der Waals surface area contributed by atoms with Gasteiger partial charge in [-0.25, -0.2) is 4.98 Å². The smallest absolute Gasteiger partial charge is 0.233 e. The number of nitrogens with one attached hydrogen (secondary N) is 1.